The molecule has 98 valence electrons. The summed E-state index contributed by atoms with van der Waals surface area (Å²) in [4.78, 5) is 23.4. The molecule has 0 spiro atoms. The van der Waals surface area contributed by atoms with Crippen molar-refractivity contribution in [2.45, 2.75) is 6.92 Å². The average molecular weight is 250 g/mol. The van der Waals surface area contributed by atoms with Gasteiger partial charge in [0.2, 0.25) is 0 Å². The molecule has 1 N–H and O–H groups in total. The average Bonchev–Trinajstić information content (AvgIpc) is 2.71. The van der Waals surface area contributed by atoms with Gasteiger partial charge in [0, 0.05) is 33.3 Å². The summed E-state index contributed by atoms with van der Waals surface area (Å²) in [6, 6.07) is 1.89. The van der Waals surface area contributed by atoms with E-state index in [1.54, 1.807) is 0 Å². The van der Waals surface area contributed by atoms with Crippen molar-refractivity contribution in [2.24, 2.45) is 11.8 Å². The first kappa shape index (κ1) is 12.6. The van der Waals surface area contributed by atoms with E-state index in [9.17, 15) is 4.79 Å². The van der Waals surface area contributed by atoms with Crippen molar-refractivity contribution in [1.82, 2.24) is 9.97 Å². The lowest BCUT2D eigenvalue weighted by molar-refractivity contribution is -0.142. The van der Waals surface area contributed by atoms with Gasteiger partial charge in [-0.2, -0.15) is 0 Å². The van der Waals surface area contributed by atoms with Gasteiger partial charge in [0.1, 0.15) is 18.0 Å². The van der Waals surface area contributed by atoms with Gasteiger partial charge < -0.3 is 14.9 Å². The Labute approximate surface area is 106 Å². The van der Waals surface area contributed by atoms with Crippen LogP contribution in [0.3, 0.4) is 0 Å². The monoisotopic (exact) mass is 250 g/mol. The molecule has 0 unspecified atom stereocenters. The number of carboxylic acid groups (broad SMARTS) is 1. The second-order valence-electron chi connectivity index (χ2n) is 4.96. The first-order valence-corrected chi connectivity index (χ1v) is 5.96. The number of hydrogen-bond acceptors (Lipinski definition) is 5. The molecule has 1 aromatic rings. The van der Waals surface area contributed by atoms with Gasteiger partial charge in [0.15, 0.2) is 0 Å². The molecule has 6 nitrogen and oxygen atoms in total. The molecule has 2 atom stereocenters. The lowest BCUT2D eigenvalue weighted by atomic mass is 9.99. The molecular formula is C12H18N4O2. The fraction of sp³-hybridized carbons (Fsp3) is 0.583. The van der Waals surface area contributed by atoms with Crippen LogP contribution in [0, 0.1) is 11.8 Å². The minimum Gasteiger partial charge on any atom is -0.481 e. The van der Waals surface area contributed by atoms with E-state index < -0.39 is 5.97 Å². The smallest absolute Gasteiger partial charge is 0.308 e. The van der Waals surface area contributed by atoms with Crippen LogP contribution >= 0.6 is 0 Å². The van der Waals surface area contributed by atoms with Crippen LogP contribution in [0.4, 0.5) is 11.6 Å². The van der Waals surface area contributed by atoms with Crippen molar-refractivity contribution >= 4 is 17.6 Å². The summed E-state index contributed by atoms with van der Waals surface area (Å²) in [7, 11) is 3.83. The predicted molar refractivity (Wildman–Crippen MR) is 68.9 cm³/mol. The van der Waals surface area contributed by atoms with Gasteiger partial charge in [-0.25, -0.2) is 9.97 Å². The highest BCUT2D eigenvalue weighted by Gasteiger charge is 2.35. The van der Waals surface area contributed by atoms with Crippen molar-refractivity contribution in [3.63, 3.8) is 0 Å². The van der Waals surface area contributed by atoms with Crippen LogP contribution in [0.25, 0.3) is 0 Å². The molecule has 0 aliphatic carbocycles. The third-order valence-corrected chi connectivity index (χ3v) is 3.35. The SMILES string of the molecule is C[C@@H]1CN(c2cc(N(C)C)ncn2)C[C@H]1C(=O)O. The molecule has 2 heterocycles. The molecule has 0 saturated carbocycles. The molecule has 18 heavy (non-hydrogen) atoms. The van der Waals surface area contributed by atoms with Crippen molar-refractivity contribution in [3.05, 3.63) is 12.4 Å². The summed E-state index contributed by atoms with van der Waals surface area (Å²) >= 11 is 0. The van der Waals surface area contributed by atoms with Crippen LogP contribution in [0.5, 0.6) is 0 Å². The molecule has 1 aliphatic rings. The Balaban J connectivity index is 2.18. The number of anilines is 2. The van der Waals surface area contributed by atoms with E-state index in [4.69, 9.17) is 5.11 Å². The summed E-state index contributed by atoms with van der Waals surface area (Å²) in [5, 5.41) is 9.12. The quantitative estimate of drug-likeness (QED) is 0.851. The number of nitrogens with zero attached hydrogens (tertiary/aromatic N) is 4. The van der Waals surface area contributed by atoms with Gasteiger partial charge in [0.05, 0.1) is 5.92 Å². The van der Waals surface area contributed by atoms with E-state index >= 15 is 0 Å². The molecule has 0 radical (unpaired) electrons. The Hall–Kier alpha value is -1.85. The molecule has 1 saturated heterocycles. The summed E-state index contributed by atoms with van der Waals surface area (Å²) in [6.07, 6.45) is 1.52. The van der Waals surface area contributed by atoms with Crippen molar-refractivity contribution < 1.29 is 9.90 Å². The fourth-order valence-electron chi connectivity index (χ4n) is 2.23. The Morgan fingerprint density at radius 1 is 1.44 bits per heavy atom. The Kier molecular flexibility index (Phi) is 3.36. The Morgan fingerprint density at radius 3 is 2.72 bits per heavy atom. The van der Waals surface area contributed by atoms with Crippen molar-refractivity contribution in [3.8, 4) is 0 Å². The highest BCUT2D eigenvalue weighted by Crippen LogP contribution is 2.27. The van der Waals surface area contributed by atoms with Crippen LogP contribution in [0.15, 0.2) is 12.4 Å². The van der Waals surface area contributed by atoms with E-state index in [1.807, 2.05) is 36.9 Å². The summed E-state index contributed by atoms with van der Waals surface area (Å²) in [6.45, 7) is 3.20. The Morgan fingerprint density at radius 2 is 2.17 bits per heavy atom. The summed E-state index contributed by atoms with van der Waals surface area (Å²) < 4.78 is 0. The molecule has 0 bridgehead atoms. The van der Waals surface area contributed by atoms with Crippen LogP contribution in [0.2, 0.25) is 0 Å². The number of aromatic nitrogens is 2. The van der Waals surface area contributed by atoms with E-state index in [2.05, 4.69) is 9.97 Å². The predicted octanol–water partition coefficient (Wildman–Crippen LogP) is 0.699. The molecule has 2 rings (SSSR count). The van der Waals surface area contributed by atoms with Crippen LogP contribution in [-0.4, -0.2) is 48.2 Å². The summed E-state index contributed by atoms with van der Waals surface area (Å²) in [5.74, 6) is 0.714. The largest absolute Gasteiger partial charge is 0.481 e. The number of hydrogen-bond donors (Lipinski definition) is 1. The maximum Gasteiger partial charge on any atom is 0.308 e. The minimum atomic E-state index is -0.730. The van der Waals surface area contributed by atoms with Gasteiger partial charge in [0.25, 0.3) is 0 Å². The van der Waals surface area contributed by atoms with Crippen molar-refractivity contribution in [2.75, 3.05) is 37.0 Å². The highest BCUT2D eigenvalue weighted by atomic mass is 16.4. The summed E-state index contributed by atoms with van der Waals surface area (Å²) in [5.41, 5.74) is 0. The third-order valence-electron chi connectivity index (χ3n) is 3.35. The first-order chi connectivity index (χ1) is 8.49. The zero-order chi connectivity index (χ0) is 13.3. The van der Waals surface area contributed by atoms with E-state index in [0.717, 1.165) is 18.2 Å². The van der Waals surface area contributed by atoms with Gasteiger partial charge >= 0.3 is 5.97 Å². The van der Waals surface area contributed by atoms with Crippen LogP contribution < -0.4 is 9.80 Å². The standard InChI is InChI=1S/C12H18N4O2/c1-8-5-16(6-9(8)12(17)18)11-4-10(15(2)3)13-7-14-11/h4,7-9H,5-6H2,1-3H3,(H,17,18)/t8-,9-/m1/s1. The lowest BCUT2D eigenvalue weighted by Crippen LogP contribution is -2.24. The molecule has 6 heteroatoms. The van der Waals surface area contributed by atoms with Crippen LogP contribution in [0.1, 0.15) is 6.92 Å². The number of carboxylic acids is 1. The molecule has 0 aromatic carbocycles. The second-order valence-corrected chi connectivity index (χ2v) is 4.96. The minimum absolute atomic E-state index is 0.139. The number of rotatable bonds is 3. The zero-order valence-corrected chi connectivity index (χ0v) is 10.9. The van der Waals surface area contributed by atoms with Gasteiger partial charge in [-0.15, -0.1) is 0 Å². The molecule has 1 fully saturated rings. The number of carbonyl (C=O) groups is 1. The van der Waals surface area contributed by atoms with Gasteiger partial charge in [-0.3, -0.25) is 4.79 Å². The molecule has 1 aromatic heterocycles. The lowest BCUT2D eigenvalue weighted by Gasteiger charge is -2.19. The first-order valence-electron chi connectivity index (χ1n) is 5.96. The normalized spacial score (nSPS) is 23.2. The maximum absolute atomic E-state index is 11.1. The third kappa shape index (κ3) is 2.37. The van der Waals surface area contributed by atoms with Crippen LogP contribution in [-0.2, 0) is 4.79 Å². The van der Waals surface area contributed by atoms with E-state index in [0.29, 0.717) is 6.54 Å². The zero-order valence-electron chi connectivity index (χ0n) is 10.9. The van der Waals surface area contributed by atoms with Crippen molar-refractivity contribution in [1.29, 1.82) is 0 Å². The van der Waals surface area contributed by atoms with Gasteiger partial charge in [-0.05, 0) is 5.92 Å². The Bertz CT molecular complexity index is 449. The highest BCUT2D eigenvalue weighted by molar-refractivity contribution is 5.72. The van der Waals surface area contributed by atoms with E-state index in [1.165, 1.54) is 6.33 Å². The fourth-order valence-corrected chi connectivity index (χ4v) is 2.23. The maximum atomic E-state index is 11.1. The topological polar surface area (TPSA) is 69.6 Å². The van der Waals surface area contributed by atoms with Gasteiger partial charge in [-0.1, -0.05) is 6.92 Å². The molecular weight excluding hydrogens is 232 g/mol. The van der Waals surface area contributed by atoms with E-state index in [-0.39, 0.29) is 11.8 Å². The molecule has 1 aliphatic heterocycles. The molecule has 0 amide bonds. The second kappa shape index (κ2) is 4.80. The number of aliphatic carboxylic acids is 1.